The number of non-ortho nitro benzene ring substituents is 1. The van der Waals surface area contributed by atoms with Gasteiger partial charge in [-0.2, -0.15) is 8.42 Å². The zero-order valence-corrected chi connectivity index (χ0v) is 19.9. The van der Waals surface area contributed by atoms with Crippen molar-refractivity contribution in [3.05, 3.63) is 74.3 Å². The number of rotatable bonds is 8. The van der Waals surface area contributed by atoms with Gasteiger partial charge in [0, 0.05) is 18.7 Å². The first-order chi connectivity index (χ1) is 17.1. The lowest BCUT2D eigenvalue weighted by molar-refractivity contribution is -0.393. The number of hydrogen-bond donors (Lipinski definition) is 1. The van der Waals surface area contributed by atoms with Crippen molar-refractivity contribution in [3.8, 4) is 0 Å². The van der Waals surface area contributed by atoms with E-state index in [2.05, 4.69) is 5.32 Å². The van der Waals surface area contributed by atoms with Crippen LogP contribution >= 0.6 is 0 Å². The Labute approximate surface area is 205 Å². The molecule has 2 aliphatic rings. The third-order valence-electron chi connectivity index (χ3n) is 5.64. The highest BCUT2D eigenvalue weighted by atomic mass is 32.2. The largest absolute Gasteiger partial charge is 0.369 e. The lowest BCUT2D eigenvalue weighted by Crippen LogP contribution is -2.65. The van der Waals surface area contributed by atoms with Crippen molar-refractivity contribution in [2.45, 2.75) is 36.9 Å². The number of anilines is 1. The number of nitro groups is 2. The van der Waals surface area contributed by atoms with Crippen LogP contribution in [0.25, 0.3) is 0 Å². The number of nitro benzene ring substituents is 2. The smallest absolute Gasteiger partial charge is 0.299 e. The molecule has 0 spiro atoms. The minimum atomic E-state index is -4.05. The van der Waals surface area contributed by atoms with Crippen LogP contribution in [0.2, 0.25) is 0 Å². The number of ether oxygens (including phenoxy) is 4. The van der Waals surface area contributed by atoms with E-state index in [0.717, 1.165) is 24.5 Å². The SMILES string of the molecule is CO[C@@H]1O[C@@H]2COC(c3ccccc3)O[C@H]2[C@H](OS(C)(=O)=O)[C@H]1Nc1ccc([N+](=O)[O-])cc1[N+](=O)[O-]. The first-order valence-corrected chi connectivity index (χ1v) is 12.5. The Bertz CT molecular complexity index is 1230. The molecule has 2 fully saturated rings. The van der Waals surface area contributed by atoms with Crippen molar-refractivity contribution in [1.29, 1.82) is 0 Å². The van der Waals surface area contributed by atoms with Gasteiger partial charge in [0.15, 0.2) is 12.6 Å². The van der Waals surface area contributed by atoms with Crippen LogP contribution in [0.1, 0.15) is 11.9 Å². The summed E-state index contributed by atoms with van der Waals surface area (Å²) in [6.45, 7) is 0.0259. The quantitative estimate of drug-likeness (QED) is 0.302. The van der Waals surface area contributed by atoms with Crippen molar-refractivity contribution >= 4 is 27.2 Å². The second-order valence-electron chi connectivity index (χ2n) is 8.11. The Balaban J connectivity index is 1.71. The number of hydrogen-bond acceptors (Lipinski definition) is 12. The number of nitrogens with one attached hydrogen (secondary N) is 1. The van der Waals surface area contributed by atoms with Gasteiger partial charge in [-0.3, -0.25) is 24.4 Å². The summed E-state index contributed by atoms with van der Waals surface area (Å²) in [6.07, 6.45) is -4.18. The highest BCUT2D eigenvalue weighted by Crippen LogP contribution is 2.38. The lowest BCUT2D eigenvalue weighted by Gasteiger charge is -2.48. The topological polar surface area (TPSA) is 179 Å². The fraction of sp³-hybridized carbons (Fsp3) is 0.429. The average molecular weight is 525 g/mol. The molecule has 0 aliphatic carbocycles. The molecule has 6 atom stereocenters. The van der Waals surface area contributed by atoms with Crippen LogP contribution in [-0.2, 0) is 33.2 Å². The standard InChI is InChI=1S/C21H23N3O11S/c1-31-21-17(22-14-9-8-13(23(25)26)10-15(14)24(27)28)19(35-36(2,29)30)18-16(33-21)11-32-20(34-18)12-6-4-3-5-7-12/h3-10,16-22H,11H2,1-2H3/t16-,17-,18-,19-,20?,21-/m1/s1. The maximum Gasteiger partial charge on any atom is 0.299 e. The maximum atomic E-state index is 12.2. The molecule has 0 saturated carbocycles. The van der Waals surface area contributed by atoms with E-state index in [0.29, 0.717) is 5.56 Å². The van der Waals surface area contributed by atoms with Gasteiger partial charge in [-0.05, 0) is 6.07 Å². The molecule has 2 aliphatic heterocycles. The predicted molar refractivity (Wildman–Crippen MR) is 123 cm³/mol. The van der Waals surface area contributed by atoms with Crippen molar-refractivity contribution in [2.75, 3.05) is 25.3 Å². The number of benzene rings is 2. The molecule has 2 heterocycles. The third-order valence-corrected chi connectivity index (χ3v) is 6.21. The molecule has 15 heteroatoms. The minimum Gasteiger partial charge on any atom is -0.369 e. The van der Waals surface area contributed by atoms with Crippen molar-refractivity contribution in [2.24, 2.45) is 0 Å². The Morgan fingerprint density at radius 2 is 1.78 bits per heavy atom. The summed E-state index contributed by atoms with van der Waals surface area (Å²) in [5.74, 6) is 0. The van der Waals surface area contributed by atoms with Gasteiger partial charge in [-0.1, -0.05) is 30.3 Å². The van der Waals surface area contributed by atoms with Crippen molar-refractivity contribution < 1.29 is 41.4 Å². The zero-order chi connectivity index (χ0) is 26.0. The van der Waals surface area contributed by atoms with E-state index >= 15 is 0 Å². The van der Waals surface area contributed by atoms with Crippen LogP contribution in [0.15, 0.2) is 48.5 Å². The monoisotopic (exact) mass is 525 g/mol. The molecule has 1 N–H and O–H groups in total. The van der Waals surface area contributed by atoms with E-state index in [1.165, 1.54) is 7.11 Å². The lowest BCUT2D eigenvalue weighted by atomic mass is 9.95. The molecule has 0 bridgehead atoms. The summed E-state index contributed by atoms with van der Waals surface area (Å²) in [6, 6.07) is 10.8. The Morgan fingerprint density at radius 1 is 1.06 bits per heavy atom. The average Bonchev–Trinajstić information content (AvgIpc) is 2.84. The summed E-state index contributed by atoms with van der Waals surface area (Å²) < 4.78 is 53.0. The molecule has 194 valence electrons. The molecule has 0 radical (unpaired) electrons. The van der Waals surface area contributed by atoms with Gasteiger partial charge < -0.3 is 24.3 Å². The van der Waals surface area contributed by atoms with Crippen molar-refractivity contribution in [3.63, 3.8) is 0 Å². The summed E-state index contributed by atoms with van der Waals surface area (Å²) in [7, 11) is -2.75. The molecule has 0 amide bonds. The minimum absolute atomic E-state index is 0.0259. The van der Waals surface area contributed by atoms with Gasteiger partial charge in [-0.15, -0.1) is 0 Å². The second kappa shape index (κ2) is 10.4. The summed E-state index contributed by atoms with van der Waals surface area (Å²) in [4.78, 5) is 21.2. The summed E-state index contributed by atoms with van der Waals surface area (Å²) >= 11 is 0. The Hall–Kier alpha value is -3.21. The van der Waals surface area contributed by atoms with Crippen LogP contribution in [-0.4, -0.2) is 68.9 Å². The van der Waals surface area contributed by atoms with Crippen molar-refractivity contribution in [1.82, 2.24) is 0 Å². The van der Waals surface area contributed by atoms with Crippen LogP contribution in [0.4, 0.5) is 17.1 Å². The van der Waals surface area contributed by atoms with Crippen LogP contribution in [0, 0.1) is 20.2 Å². The molecule has 4 rings (SSSR count). The van der Waals surface area contributed by atoms with E-state index < -0.39 is 68.3 Å². The first kappa shape index (κ1) is 25.9. The predicted octanol–water partition coefficient (Wildman–Crippen LogP) is 2.11. The van der Waals surface area contributed by atoms with E-state index in [4.69, 9.17) is 23.1 Å². The van der Waals surface area contributed by atoms with Gasteiger partial charge in [0.2, 0.25) is 0 Å². The molecule has 0 aromatic heterocycles. The Morgan fingerprint density at radius 3 is 2.39 bits per heavy atom. The van der Waals surface area contributed by atoms with E-state index in [1.54, 1.807) is 24.3 Å². The molecule has 36 heavy (non-hydrogen) atoms. The highest BCUT2D eigenvalue weighted by molar-refractivity contribution is 7.86. The van der Waals surface area contributed by atoms with Crippen LogP contribution in [0.5, 0.6) is 0 Å². The first-order valence-electron chi connectivity index (χ1n) is 10.7. The van der Waals surface area contributed by atoms with Crippen LogP contribution < -0.4 is 5.32 Å². The van der Waals surface area contributed by atoms with Gasteiger partial charge >= 0.3 is 0 Å². The fourth-order valence-electron chi connectivity index (χ4n) is 4.11. The van der Waals surface area contributed by atoms with Gasteiger partial charge in [0.05, 0.1) is 28.8 Å². The molecule has 14 nitrogen and oxygen atoms in total. The van der Waals surface area contributed by atoms with Gasteiger partial charge in [-0.25, -0.2) is 0 Å². The molecule has 2 saturated heterocycles. The molecule has 2 aromatic rings. The summed E-state index contributed by atoms with van der Waals surface area (Å²) in [5, 5.41) is 25.6. The van der Waals surface area contributed by atoms with E-state index in [9.17, 15) is 28.6 Å². The fourth-order valence-corrected chi connectivity index (χ4v) is 4.74. The van der Waals surface area contributed by atoms with E-state index in [1.807, 2.05) is 6.07 Å². The number of nitrogens with zero attached hydrogens (tertiary/aromatic N) is 2. The highest BCUT2D eigenvalue weighted by Gasteiger charge is 2.52. The third kappa shape index (κ3) is 5.61. The second-order valence-corrected chi connectivity index (χ2v) is 9.71. The van der Waals surface area contributed by atoms with E-state index in [-0.39, 0.29) is 12.3 Å². The Kier molecular flexibility index (Phi) is 7.49. The normalized spacial score (nSPS) is 28.2. The molecular weight excluding hydrogens is 502 g/mol. The number of methoxy groups -OCH3 is 1. The summed E-state index contributed by atoms with van der Waals surface area (Å²) in [5.41, 5.74) is -0.542. The van der Waals surface area contributed by atoms with Gasteiger partial charge in [0.25, 0.3) is 21.5 Å². The van der Waals surface area contributed by atoms with Gasteiger partial charge in [0.1, 0.15) is 30.0 Å². The molecule has 1 unspecified atom stereocenters. The maximum absolute atomic E-state index is 12.2. The van der Waals surface area contributed by atoms with Crippen LogP contribution in [0.3, 0.4) is 0 Å². The zero-order valence-electron chi connectivity index (χ0n) is 19.1. The molecular formula is C21H23N3O11S. The molecule has 2 aromatic carbocycles. The number of fused-ring (bicyclic) bond motifs is 1.